The molecule has 1 N–H and O–H groups in total. The van der Waals surface area contributed by atoms with Crippen LogP contribution in [0.25, 0.3) is 16.5 Å². The van der Waals surface area contributed by atoms with E-state index in [9.17, 15) is 4.79 Å². The number of amides is 1. The fourth-order valence-electron chi connectivity index (χ4n) is 3.65. The summed E-state index contributed by atoms with van der Waals surface area (Å²) in [7, 11) is 1.64. The Morgan fingerprint density at radius 3 is 2.66 bits per heavy atom. The van der Waals surface area contributed by atoms with Crippen LogP contribution in [0.4, 0.5) is 5.82 Å². The van der Waals surface area contributed by atoms with Crippen LogP contribution in [-0.2, 0) is 11.5 Å². The van der Waals surface area contributed by atoms with Gasteiger partial charge in [0.25, 0.3) is 5.91 Å². The number of methoxy groups -OCH3 is 1. The van der Waals surface area contributed by atoms with Crippen LogP contribution in [0.1, 0.15) is 21.6 Å². The number of rotatable bonds is 4. The zero-order chi connectivity index (χ0) is 19.8. The van der Waals surface area contributed by atoms with E-state index in [2.05, 4.69) is 5.32 Å². The highest BCUT2D eigenvalue weighted by molar-refractivity contribution is 7.98. The maximum absolute atomic E-state index is 13.2. The molecule has 1 aliphatic rings. The molecule has 0 aliphatic carbocycles. The number of aromatic nitrogens is 2. The van der Waals surface area contributed by atoms with Crippen molar-refractivity contribution in [2.75, 3.05) is 12.4 Å². The lowest BCUT2D eigenvalue weighted by molar-refractivity contribution is 0.102. The van der Waals surface area contributed by atoms with Gasteiger partial charge in [0.1, 0.15) is 11.6 Å². The van der Waals surface area contributed by atoms with Crippen molar-refractivity contribution in [2.45, 2.75) is 11.5 Å². The number of nitrogens with zero attached hydrogens (tertiary/aromatic N) is 2. The quantitative estimate of drug-likeness (QED) is 0.521. The van der Waals surface area contributed by atoms with Gasteiger partial charge in [0.2, 0.25) is 0 Å². The average Bonchev–Trinajstić information content (AvgIpc) is 3.36. The van der Waals surface area contributed by atoms with Gasteiger partial charge in [0.15, 0.2) is 0 Å². The second-order valence-corrected chi connectivity index (χ2v) is 7.84. The summed E-state index contributed by atoms with van der Waals surface area (Å²) in [5.41, 5.74) is 3.67. The summed E-state index contributed by atoms with van der Waals surface area (Å²) in [6.45, 7) is 0. The standard InChI is InChI=1S/C23H19N3O2S/c1-28-17-11-9-16(10-12-17)26-22(20-13-29-14-21(20)25-26)24-23(27)19-8-4-6-15-5-2-3-7-18(15)19/h2-12H,13-14H2,1H3,(H,24,27). The smallest absolute Gasteiger partial charge is 0.257 e. The summed E-state index contributed by atoms with van der Waals surface area (Å²) in [6, 6.07) is 21.4. The molecule has 0 fully saturated rings. The van der Waals surface area contributed by atoms with E-state index in [0.717, 1.165) is 50.8 Å². The number of benzene rings is 3. The van der Waals surface area contributed by atoms with Gasteiger partial charge in [-0.3, -0.25) is 4.79 Å². The van der Waals surface area contributed by atoms with Crippen LogP contribution >= 0.6 is 11.8 Å². The first-order valence-corrected chi connectivity index (χ1v) is 10.5. The minimum Gasteiger partial charge on any atom is -0.497 e. The number of carbonyl (C=O) groups is 1. The molecule has 0 bridgehead atoms. The van der Waals surface area contributed by atoms with Crippen LogP contribution in [0.15, 0.2) is 66.7 Å². The third kappa shape index (κ3) is 3.15. The molecule has 0 atom stereocenters. The minimum atomic E-state index is -0.129. The molecule has 0 saturated heterocycles. The van der Waals surface area contributed by atoms with Crippen LogP contribution < -0.4 is 10.1 Å². The zero-order valence-electron chi connectivity index (χ0n) is 15.9. The van der Waals surface area contributed by atoms with E-state index in [0.29, 0.717) is 5.56 Å². The molecular weight excluding hydrogens is 382 g/mol. The van der Waals surface area contributed by atoms with E-state index in [1.807, 2.05) is 83.2 Å². The molecule has 1 amide bonds. The van der Waals surface area contributed by atoms with Crippen LogP contribution in [-0.4, -0.2) is 22.8 Å². The Hall–Kier alpha value is -3.25. The number of fused-ring (bicyclic) bond motifs is 2. The van der Waals surface area contributed by atoms with Gasteiger partial charge >= 0.3 is 0 Å². The molecule has 0 radical (unpaired) electrons. The molecule has 29 heavy (non-hydrogen) atoms. The normalized spacial score (nSPS) is 12.7. The molecule has 0 saturated carbocycles. The number of nitrogens with one attached hydrogen (secondary N) is 1. The van der Waals surface area contributed by atoms with Crippen molar-refractivity contribution in [1.82, 2.24) is 9.78 Å². The zero-order valence-corrected chi connectivity index (χ0v) is 16.7. The molecule has 0 unspecified atom stereocenters. The first-order chi connectivity index (χ1) is 14.2. The lowest BCUT2D eigenvalue weighted by atomic mass is 10.0. The Kier molecular flexibility index (Phi) is 4.48. The molecule has 2 heterocycles. The Morgan fingerprint density at radius 2 is 1.83 bits per heavy atom. The van der Waals surface area contributed by atoms with E-state index in [1.165, 1.54) is 0 Å². The van der Waals surface area contributed by atoms with E-state index in [1.54, 1.807) is 7.11 Å². The molecular formula is C23H19N3O2S. The first kappa shape index (κ1) is 17.8. The lowest BCUT2D eigenvalue weighted by Crippen LogP contribution is -2.16. The fraction of sp³-hybridized carbons (Fsp3) is 0.130. The molecule has 3 aromatic carbocycles. The molecule has 6 heteroatoms. The largest absolute Gasteiger partial charge is 0.497 e. The maximum Gasteiger partial charge on any atom is 0.257 e. The fourth-order valence-corrected chi connectivity index (χ4v) is 4.68. The van der Waals surface area contributed by atoms with Gasteiger partial charge < -0.3 is 10.1 Å². The van der Waals surface area contributed by atoms with Crippen molar-refractivity contribution in [3.05, 3.63) is 83.6 Å². The van der Waals surface area contributed by atoms with E-state index < -0.39 is 0 Å². The Balaban J connectivity index is 1.56. The van der Waals surface area contributed by atoms with Crippen molar-refractivity contribution in [2.24, 2.45) is 0 Å². The summed E-state index contributed by atoms with van der Waals surface area (Å²) >= 11 is 1.81. The topological polar surface area (TPSA) is 56.1 Å². The number of hydrogen-bond acceptors (Lipinski definition) is 4. The van der Waals surface area contributed by atoms with Gasteiger partial charge in [0, 0.05) is 22.6 Å². The predicted molar refractivity (Wildman–Crippen MR) is 117 cm³/mol. The third-order valence-corrected chi connectivity index (χ3v) is 6.11. The van der Waals surface area contributed by atoms with E-state index in [-0.39, 0.29) is 5.91 Å². The highest BCUT2D eigenvalue weighted by Gasteiger charge is 2.25. The third-order valence-electron chi connectivity index (χ3n) is 5.14. The van der Waals surface area contributed by atoms with Crippen molar-refractivity contribution >= 4 is 34.3 Å². The summed E-state index contributed by atoms with van der Waals surface area (Å²) < 4.78 is 7.08. The van der Waals surface area contributed by atoms with Crippen LogP contribution in [0, 0.1) is 0 Å². The van der Waals surface area contributed by atoms with E-state index >= 15 is 0 Å². The first-order valence-electron chi connectivity index (χ1n) is 9.36. The van der Waals surface area contributed by atoms with Gasteiger partial charge in [-0.05, 0) is 41.1 Å². The monoisotopic (exact) mass is 401 g/mol. The van der Waals surface area contributed by atoms with Crippen LogP contribution in [0.5, 0.6) is 5.75 Å². The predicted octanol–water partition coefficient (Wildman–Crippen LogP) is 5.03. The number of carbonyl (C=O) groups excluding carboxylic acids is 1. The van der Waals surface area contributed by atoms with Gasteiger partial charge in [-0.15, -0.1) is 0 Å². The Labute approximate surface area is 172 Å². The van der Waals surface area contributed by atoms with Crippen LogP contribution in [0.2, 0.25) is 0 Å². The summed E-state index contributed by atoms with van der Waals surface area (Å²) in [4.78, 5) is 13.2. The maximum atomic E-state index is 13.2. The van der Waals surface area contributed by atoms with Crippen molar-refractivity contribution in [1.29, 1.82) is 0 Å². The summed E-state index contributed by atoms with van der Waals surface area (Å²) in [5.74, 6) is 3.10. The van der Waals surface area contributed by atoms with E-state index in [4.69, 9.17) is 9.84 Å². The van der Waals surface area contributed by atoms with Crippen molar-refractivity contribution in [3.63, 3.8) is 0 Å². The Bertz CT molecular complexity index is 1210. The lowest BCUT2D eigenvalue weighted by Gasteiger charge is -2.12. The van der Waals surface area contributed by atoms with Crippen LogP contribution in [0.3, 0.4) is 0 Å². The summed E-state index contributed by atoms with van der Waals surface area (Å²) in [5, 5.41) is 9.89. The number of ether oxygens (including phenoxy) is 1. The summed E-state index contributed by atoms with van der Waals surface area (Å²) in [6.07, 6.45) is 0. The molecule has 5 rings (SSSR count). The number of thioether (sulfide) groups is 1. The molecule has 5 nitrogen and oxygen atoms in total. The SMILES string of the molecule is COc1ccc(-n2nc3c(c2NC(=O)c2cccc4ccccc24)CSC3)cc1. The van der Waals surface area contributed by atoms with Crippen molar-refractivity contribution in [3.8, 4) is 11.4 Å². The molecule has 1 aliphatic heterocycles. The molecule has 4 aromatic rings. The highest BCUT2D eigenvalue weighted by Crippen LogP contribution is 2.36. The molecule has 1 aromatic heterocycles. The van der Waals surface area contributed by atoms with Gasteiger partial charge in [-0.1, -0.05) is 36.4 Å². The second-order valence-electron chi connectivity index (χ2n) is 6.86. The van der Waals surface area contributed by atoms with Crippen molar-refractivity contribution < 1.29 is 9.53 Å². The number of hydrogen-bond donors (Lipinski definition) is 1. The minimum absolute atomic E-state index is 0.129. The number of anilines is 1. The van der Waals surface area contributed by atoms with Gasteiger partial charge in [-0.2, -0.15) is 16.9 Å². The van der Waals surface area contributed by atoms with Gasteiger partial charge in [0.05, 0.1) is 18.5 Å². The molecule has 0 spiro atoms. The second kappa shape index (κ2) is 7.29. The Morgan fingerprint density at radius 1 is 1.03 bits per heavy atom. The van der Waals surface area contributed by atoms with Gasteiger partial charge in [-0.25, -0.2) is 4.68 Å². The molecule has 144 valence electrons. The average molecular weight is 401 g/mol. The highest BCUT2D eigenvalue weighted by atomic mass is 32.2.